The van der Waals surface area contributed by atoms with E-state index in [2.05, 4.69) is 9.97 Å². The van der Waals surface area contributed by atoms with Crippen LogP contribution in [0.15, 0.2) is 64.2 Å². The summed E-state index contributed by atoms with van der Waals surface area (Å²) in [5.41, 5.74) is 1.70. The van der Waals surface area contributed by atoms with Gasteiger partial charge in [-0.1, -0.05) is 56.3 Å². The summed E-state index contributed by atoms with van der Waals surface area (Å²) < 4.78 is 8.70. The second-order valence-electron chi connectivity index (χ2n) is 7.71. The van der Waals surface area contributed by atoms with Gasteiger partial charge >= 0.3 is 5.69 Å². The largest absolute Gasteiger partial charge is 0.488 e. The van der Waals surface area contributed by atoms with Crippen molar-refractivity contribution in [1.29, 1.82) is 0 Å². The quantitative estimate of drug-likeness (QED) is 0.534. The number of H-pyrrole nitrogens is 1. The second-order valence-corrected chi connectivity index (χ2v) is 7.71. The van der Waals surface area contributed by atoms with Crippen LogP contribution in [-0.4, -0.2) is 19.1 Å². The first kappa shape index (κ1) is 19.7. The number of hydrogen-bond donors (Lipinski definition) is 1. The minimum Gasteiger partial charge on any atom is -0.488 e. The van der Waals surface area contributed by atoms with Gasteiger partial charge in [-0.3, -0.25) is 13.9 Å². The van der Waals surface area contributed by atoms with Crippen LogP contribution in [0.3, 0.4) is 0 Å². The van der Waals surface area contributed by atoms with Gasteiger partial charge in [0.25, 0.3) is 5.56 Å². The number of fused-ring (bicyclic) bond motifs is 1. The fourth-order valence-electron chi connectivity index (χ4n) is 3.42. The van der Waals surface area contributed by atoms with Crippen LogP contribution < -0.4 is 16.0 Å². The zero-order chi connectivity index (χ0) is 21.3. The Hall–Kier alpha value is -3.61. The van der Waals surface area contributed by atoms with Crippen molar-refractivity contribution < 1.29 is 4.74 Å². The van der Waals surface area contributed by atoms with Crippen molar-refractivity contribution in [2.75, 3.05) is 0 Å². The van der Waals surface area contributed by atoms with Gasteiger partial charge in [-0.2, -0.15) is 0 Å². The molecule has 2 aromatic carbocycles. The third-order valence-corrected chi connectivity index (χ3v) is 4.90. The zero-order valence-corrected chi connectivity index (χ0v) is 17.3. The number of aromatic amines is 1. The van der Waals surface area contributed by atoms with Crippen LogP contribution in [0.2, 0.25) is 0 Å². The summed E-state index contributed by atoms with van der Waals surface area (Å²) in [6.45, 7) is 4.92. The maximum absolute atomic E-state index is 12.7. The van der Waals surface area contributed by atoms with Gasteiger partial charge in [-0.15, -0.1) is 0 Å². The molecular formula is C23H24N4O3. The average Bonchev–Trinajstić information content (AvgIpc) is 3.20. The van der Waals surface area contributed by atoms with Crippen molar-refractivity contribution in [1.82, 2.24) is 19.1 Å². The molecule has 30 heavy (non-hydrogen) atoms. The predicted molar refractivity (Wildman–Crippen MR) is 117 cm³/mol. The van der Waals surface area contributed by atoms with E-state index in [1.807, 2.05) is 68.4 Å². The molecule has 0 aliphatic rings. The Bertz CT molecular complexity index is 1300. The highest BCUT2D eigenvalue weighted by Gasteiger charge is 2.18. The lowest BCUT2D eigenvalue weighted by Crippen LogP contribution is -2.38. The Labute approximate surface area is 173 Å². The predicted octanol–water partition coefficient (Wildman–Crippen LogP) is 3.33. The van der Waals surface area contributed by atoms with Crippen LogP contribution in [0.25, 0.3) is 22.6 Å². The first-order valence-corrected chi connectivity index (χ1v) is 9.91. The first-order valence-electron chi connectivity index (χ1n) is 9.91. The normalized spacial score (nSPS) is 11.3. The number of nitrogens with zero attached hydrogens (tertiary/aromatic N) is 3. The molecule has 154 valence electrons. The summed E-state index contributed by atoms with van der Waals surface area (Å²) in [5, 5.41) is 0. The average molecular weight is 404 g/mol. The number of benzene rings is 2. The molecule has 2 heterocycles. The molecule has 0 bridgehead atoms. The number of para-hydroxylation sites is 1. The van der Waals surface area contributed by atoms with Gasteiger partial charge in [0, 0.05) is 13.6 Å². The van der Waals surface area contributed by atoms with Crippen LogP contribution in [0, 0.1) is 5.92 Å². The lowest BCUT2D eigenvalue weighted by Gasteiger charge is -2.10. The number of nitrogens with one attached hydrogen (secondary N) is 1. The summed E-state index contributed by atoms with van der Waals surface area (Å²) in [5.74, 6) is 1.37. The van der Waals surface area contributed by atoms with Crippen LogP contribution in [0.1, 0.15) is 19.4 Å². The Morgan fingerprint density at radius 3 is 2.47 bits per heavy atom. The molecule has 2 aromatic heterocycles. The van der Waals surface area contributed by atoms with Gasteiger partial charge in [0.2, 0.25) is 0 Å². The van der Waals surface area contributed by atoms with Gasteiger partial charge in [0.05, 0.1) is 5.56 Å². The van der Waals surface area contributed by atoms with Gasteiger partial charge in [-0.25, -0.2) is 9.78 Å². The van der Waals surface area contributed by atoms with Crippen molar-refractivity contribution in [2.24, 2.45) is 13.0 Å². The minimum atomic E-state index is -0.392. The number of imidazole rings is 1. The summed E-state index contributed by atoms with van der Waals surface area (Å²) in [7, 11) is 1.48. The molecule has 0 radical (unpaired) electrons. The highest BCUT2D eigenvalue weighted by molar-refractivity contribution is 5.77. The maximum Gasteiger partial charge on any atom is 0.332 e. The molecule has 0 saturated carbocycles. The lowest BCUT2D eigenvalue weighted by atomic mass is 10.2. The SMILES string of the molecule is CC(C)Cn1c(=O)n(C)c(=O)c2[nH]c(-c3ccccc3OCc3ccccc3)nc21. The van der Waals surface area contributed by atoms with E-state index < -0.39 is 5.56 Å². The lowest BCUT2D eigenvalue weighted by molar-refractivity contribution is 0.307. The van der Waals surface area contributed by atoms with Crippen LogP contribution in [-0.2, 0) is 20.2 Å². The smallest absolute Gasteiger partial charge is 0.332 e. The highest BCUT2D eigenvalue weighted by Crippen LogP contribution is 2.29. The minimum absolute atomic E-state index is 0.227. The first-order chi connectivity index (χ1) is 14.5. The van der Waals surface area contributed by atoms with Crippen molar-refractivity contribution in [3.63, 3.8) is 0 Å². The topological polar surface area (TPSA) is 81.9 Å². The fourth-order valence-corrected chi connectivity index (χ4v) is 3.42. The molecule has 7 heteroatoms. The molecule has 0 amide bonds. The van der Waals surface area contributed by atoms with E-state index in [0.717, 1.165) is 15.7 Å². The molecule has 1 N–H and O–H groups in total. The molecule has 0 atom stereocenters. The molecule has 4 rings (SSSR count). The van der Waals surface area contributed by atoms with E-state index in [0.29, 0.717) is 35.9 Å². The van der Waals surface area contributed by atoms with Crippen molar-refractivity contribution in [3.05, 3.63) is 81.0 Å². The Morgan fingerprint density at radius 1 is 1.03 bits per heavy atom. The maximum atomic E-state index is 12.7. The van der Waals surface area contributed by atoms with Crippen LogP contribution in [0.5, 0.6) is 5.75 Å². The Kier molecular flexibility index (Phi) is 5.27. The Morgan fingerprint density at radius 2 is 1.73 bits per heavy atom. The van der Waals surface area contributed by atoms with E-state index in [1.54, 1.807) is 4.57 Å². The molecule has 7 nitrogen and oxygen atoms in total. The van der Waals surface area contributed by atoms with Crippen molar-refractivity contribution in [2.45, 2.75) is 27.0 Å². The van der Waals surface area contributed by atoms with Crippen molar-refractivity contribution >= 4 is 11.2 Å². The monoisotopic (exact) mass is 404 g/mol. The highest BCUT2D eigenvalue weighted by atomic mass is 16.5. The molecule has 0 unspecified atom stereocenters. The fraction of sp³-hybridized carbons (Fsp3) is 0.261. The van der Waals surface area contributed by atoms with E-state index >= 15 is 0 Å². The molecular weight excluding hydrogens is 380 g/mol. The van der Waals surface area contributed by atoms with E-state index in [4.69, 9.17) is 4.74 Å². The summed E-state index contributed by atoms with van der Waals surface area (Å²) in [4.78, 5) is 33.1. The van der Waals surface area contributed by atoms with E-state index in [1.165, 1.54) is 7.05 Å². The third kappa shape index (κ3) is 3.66. The van der Waals surface area contributed by atoms with Gasteiger partial charge in [0.15, 0.2) is 5.65 Å². The summed E-state index contributed by atoms with van der Waals surface area (Å²) in [6.07, 6.45) is 0. The standard InChI is InChI=1S/C23H24N4O3/c1-15(2)13-27-21-19(22(28)26(3)23(27)29)24-20(25-21)17-11-7-8-12-18(17)30-14-16-9-5-4-6-10-16/h4-12,15H,13-14H2,1-3H3,(H,24,25). The molecule has 0 spiro atoms. The summed E-state index contributed by atoms with van der Waals surface area (Å²) >= 11 is 0. The molecule has 0 fully saturated rings. The number of rotatable bonds is 6. The second kappa shape index (κ2) is 8.02. The molecule has 0 aliphatic carbocycles. The van der Waals surface area contributed by atoms with E-state index in [9.17, 15) is 9.59 Å². The zero-order valence-electron chi connectivity index (χ0n) is 17.3. The third-order valence-electron chi connectivity index (χ3n) is 4.90. The van der Waals surface area contributed by atoms with Crippen LogP contribution >= 0.6 is 0 Å². The number of hydrogen-bond acceptors (Lipinski definition) is 4. The summed E-state index contributed by atoms with van der Waals surface area (Å²) in [6, 6.07) is 17.4. The van der Waals surface area contributed by atoms with Gasteiger partial charge in [-0.05, 0) is 23.6 Å². The molecule has 0 aliphatic heterocycles. The number of aromatic nitrogens is 4. The van der Waals surface area contributed by atoms with Crippen molar-refractivity contribution in [3.8, 4) is 17.1 Å². The van der Waals surface area contributed by atoms with Gasteiger partial charge in [0.1, 0.15) is 23.7 Å². The number of ether oxygens (including phenoxy) is 1. The Balaban J connectivity index is 1.80. The molecule has 4 aromatic rings. The van der Waals surface area contributed by atoms with E-state index in [-0.39, 0.29) is 11.6 Å². The molecule has 0 saturated heterocycles. The van der Waals surface area contributed by atoms with Crippen LogP contribution in [0.4, 0.5) is 0 Å². The van der Waals surface area contributed by atoms with Gasteiger partial charge < -0.3 is 9.72 Å².